The van der Waals surface area contributed by atoms with E-state index in [4.69, 9.17) is 9.84 Å². The standard InChI is InChI=1S/C11H19NO3/c1-11(2)9(4-6-15-11)12-5-3-8(7-12)10(13)14/h8-9H,3-7H2,1-2H3,(H,13,14). The van der Waals surface area contributed by atoms with Crippen LogP contribution in [-0.2, 0) is 9.53 Å². The number of rotatable bonds is 2. The van der Waals surface area contributed by atoms with E-state index in [0.29, 0.717) is 12.6 Å². The van der Waals surface area contributed by atoms with Crippen molar-refractivity contribution in [3.8, 4) is 0 Å². The summed E-state index contributed by atoms with van der Waals surface area (Å²) in [6.07, 6.45) is 1.81. The maximum Gasteiger partial charge on any atom is 0.307 e. The second-order valence-electron chi connectivity index (χ2n) is 5.08. The van der Waals surface area contributed by atoms with Crippen LogP contribution < -0.4 is 0 Å². The van der Waals surface area contributed by atoms with Crippen molar-refractivity contribution in [1.82, 2.24) is 4.90 Å². The van der Waals surface area contributed by atoms with E-state index in [1.807, 2.05) is 0 Å². The molecule has 2 unspecified atom stereocenters. The van der Waals surface area contributed by atoms with Gasteiger partial charge in [0.05, 0.1) is 11.5 Å². The number of nitrogens with zero attached hydrogens (tertiary/aromatic N) is 1. The fourth-order valence-corrected chi connectivity index (χ4v) is 2.77. The third-order valence-corrected chi connectivity index (χ3v) is 3.68. The minimum absolute atomic E-state index is 0.118. The molecule has 0 saturated carbocycles. The topological polar surface area (TPSA) is 49.8 Å². The third kappa shape index (κ3) is 2.01. The molecule has 2 rings (SSSR count). The lowest BCUT2D eigenvalue weighted by atomic mass is 9.97. The largest absolute Gasteiger partial charge is 0.481 e. The maximum absolute atomic E-state index is 10.9. The lowest BCUT2D eigenvalue weighted by molar-refractivity contribution is -0.141. The summed E-state index contributed by atoms with van der Waals surface area (Å²) in [5.41, 5.74) is -0.118. The minimum atomic E-state index is -0.658. The van der Waals surface area contributed by atoms with Crippen molar-refractivity contribution >= 4 is 5.97 Å². The van der Waals surface area contributed by atoms with Crippen LogP contribution in [0, 0.1) is 5.92 Å². The third-order valence-electron chi connectivity index (χ3n) is 3.68. The molecule has 2 heterocycles. The first kappa shape index (κ1) is 10.9. The van der Waals surface area contributed by atoms with Gasteiger partial charge in [0.25, 0.3) is 0 Å². The van der Waals surface area contributed by atoms with Crippen LogP contribution in [-0.4, -0.2) is 47.3 Å². The predicted octanol–water partition coefficient (Wildman–Crippen LogP) is 0.960. The molecule has 0 bridgehead atoms. The predicted molar refractivity (Wildman–Crippen MR) is 55.8 cm³/mol. The minimum Gasteiger partial charge on any atom is -0.481 e. The Bertz CT molecular complexity index is 265. The quantitative estimate of drug-likeness (QED) is 0.742. The van der Waals surface area contributed by atoms with Crippen molar-refractivity contribution in [2.45, 2.75) is 38.3 Å². The SMILES string of the molecule is CC1(C)OCCC1N1CCC(C(=O)O)C1. The van der Waals surface area contributed by atoms with Gasteiger partial charge in [-0.2, -0.15) is 0 Å². The van der Waals surface area contributed by atoms with Gasteiger partial charge in [-0.25, -0.2) is 0 Å². The molecule has 2 atom stereocenters. The molecule has 0 aromatic carbocycles. The molecule has 0 aromatic heterocycles. The highest BCUT2D eigenvalue weighted by Crippen LogP contribution is 2.32. The summed E-state index contributed by atoms with van der Waals surface area (Å²) in [6.45, 7) is 6.57. The zero-order valence-corrected chi connectivity index (χ0v) is 9.40. The monoisotopic (exact) mass is 213 g/mol. The number of aliphatic carboxylic acids is 1. The Balaban J connectivity index is 1.99. The second-order valence-corrected chi connectivity index (χ2v) is 5.08. The number of carbonyl (C=O) groups is 1. The molecule has 2 aliphatic heterocycles. The summed E-state index contributed by atoms with van der Waals surface area (Å²) in [5, 5.41) is 8.95. The van der Waals surface area contributed by atoms with E-state index in [0.717, 1.165) is 26.0 Å². The Kier molecular flexibility index (Phi) is 2.73. The Morgan fingerprint density at radius 2 is 2.20 bits per heavy atom. The Hall–Kier alpha value is -0.610. The van der Waals surface area contributed by atoms with Crippen LogP contribution in [0.5, 0.6) is 0 Å². The number of carboxylic acids is 1. The van der Waals surface area contributed by atoms with Crippen molar-refractivity contribution in [1.29, 1.82) is 0 Å². The molecule has 0 spiro atoms. The zero-order chi connectivity index (χ0) is 11.1. The summed E-state index contributed by atoms with van der Waals surface area (Å²) in [5.74, 6) is -0.837. The molecule has 0 amide bonds. The lowest BCUT2D eigenvalue weighted by Crippen LogP contribution is -2.45. The van der Waals surface area contributed by atoms with Crippen molar-refractivity contribution in [2.75, 3.05) is 19.7 Å². The van der Waals surface area contributed by atoms with Crippen LogP contribution in [0.4, 0.5) is 0 Å². The average Bonchev–Trinajstić information content (AvgIpc) is 2.69. The van der Waals surface area contributed by atoms with Gasteiger partial charge in [0.1, 0.15) is 0 Å². The molecular weight excluding hydrogens is 194 g/mol. The molecule has 4 heteroatoms. The van der Waals surface area contributed by atoms with Crippen LogP contribution in [0.15, 0.2) is 0 Å². The van der Waals surface area contributed by atoms with Crippen molar-refractivity contribution in [3.63, 3.8) is 0 Å². The summed E-state index contributed by atoms with van der Waals surface area (Å²) >= 11 is 0. The van der Waals surface area contributed by atoms with Gasteiger partial charge in [-0.3, -0.25) is 9.69 Å². The van der Waals surface area contributed by atoms with Gasteiger partial charge in [0.15, 0.2) is 0 Å². The number of hydrogen-bond acceptors (Lipinski definition) is 3. The van der Waals surface area contributed by atoms with Crippen molar-refractivity contribution < 1.29 is 14.6 Å². The van der Waals surface area contributed by atoms with Gasteiger partial charge in [0, 0.05) is 19.2 Å². The fourth-order valence-electron chi connectivity index (χ4n) is 2.77. The maximum atomic E-state index is 10.9. The van der Waals surface area contributed by atoms with Gasteiger partial charge in [0.2, 0.25) is 0 Å². The first-order chi connectivity index (χ1) is 7.00. The van der Waals surface area contributed by atoms with Gasteiger partial charge in [-0.15, -0.1) is 0 Å². The smallest absolute Gasteiger partial charge is 0.307 e. The highest BCUT2D eigenvalue weighted by molar-refractivity contribution is 5.70. The number of ether oxygens (including phenoxy) is 1. The first-order valence-corrected chi connectivity index (χ1v) is 5.61. The molecule has 0 radical (unpaired) electrons. The molecular formula is C11H19NO3. The Morgan fingerprint density at radius 3 is 2.67 bits per heavy atom. The normalized spacial score (nSPS) is 35.9. The highest BCUT2D eigenvalue weighted by Gasteiger charge is 2.43. The molecule has 0 aromatic rings. The summed E-state index contributed by atoms with van der Waals surface area (Å²) in [4.78, 5) is 13.1. The van der Waals surface area contributed by atoms with E-state index in [1.165, 1.54) is 0 Å². The van der Waals surface area contributed by atoms with Gasteiger partial charge in [-0.1, -0.05) is 0 Å². The molecule has 2 saturated heterocycles. The van der Waals surface area contributed by atoms with Crippen molar-refractivity contribution in [3.05, 3.63) is 0 Å². The molecule has 86 valence electrons. The number of likely N-dealkylation sites (tertiary alicyclic amines) is 1. The highest BCUT2D eigenvalue weighted by atomic mass is 16.5. The molecule has 2 aliphatic rings. The fraction of sp³-hybridized carbons (Fsp3) is 0.909. The van der Waals surface area contributed by atoms with E-state index in [9.17, 15) is 4.79 Å². The van der Waals surface area contributed by atoms with Crippen LogP contribution in [0.2, 0.25) is 0 Å². The molecule has 0 aliphatic carbocycles. The summed E-state index contributed by atoms with van der Waals surface area (Å²) in [6, 6.07) is 0.391. The van der Waals surface area contributed by atoms with Gasteiger partial charge in [-0.05, 0) is 33.2 Å². The average molecular weight is 213 g/mol. The molecule has 15 heavy (non-hydrogen) atoms. The van der Waals surface area contributed by atoms with Gasteiger partial charge < -0.3 is 9.84 Å². The first-order valence-electron chi connectivity index (χ1n) is 5.61. The number of carboxylic acid groups (broad SMARTS) is 1. The van der Waals surface area contributed by atoms with E-state index in [1.54, 1.807) is 0 Å². The van der Waals surface area contributed by atoms with E-state index < -0.39 is 5.97 Å². The summed E-state index contributed by atoms with van der Waals surface area (Å²) < 4.78 is 5.67. The van der Waals surface area contributed by atoms with Crippen LogP contribution in [0.3, 0.4) is 0 Å². The van der Waals surface area contributed by atoms with E-state index in [-0.39, 0.29) is 11.5 Å². The van der Waals surface area contributed by atoms with E-state index in [2.05, 4.69) is 18.7 Å². The molecule has 2 fully saturated rings. The molecule has 1 N–H and O–H groups in total. The van der Waals surface area contributed by atoms with Crippen LogP contribution in [0.25, 0.3) is 0 Å². The second kappa shape index (κ2) is 3.76. The van der Waals surface area contributed by atoms with Crippen LogP contribution in [0.1, 0.15) is 26.7 Å². The Labute approximate surface area is 90.2 Å². The van der Waals surface area contributed by atoms with Gasteiger partial charge >= 0.3 is 5.97 Å². The van der Waals surface area contributed by atoms with E-state index >= 15 is 0 Å². The Morgan fingerprint density at radius 1 is 1.47 bits per heavy atom. The number of hydrogen-bond donors (Lipinski definition) is 1. The lowest BCUT2D eigenvalue weighted by Gasteiger charge is -2.33. The van der Waals surface area contributed by atoms with Crippen LogP contribution >= 0.6 is 0 Å². The summed E-state index contributed by atoms with van der Waals surface area (Å²) in [7, 11) is 0. The van der Waals surface area contributed by atoms with Crippen molar-refractivity contribution in [2.24, 2.45) is 5.92 Å². The molecule has 4 nitrogen and oxygen atoms in total. The zero-order valence-electron chi connectivity index (χ0n) is 9.40.